The fourth-order valence-electron chi connectivity index (χ4n) is 1.90. The predicted octanol–water partition coefficient (Wildman–Crippen LogP) is 3.55. The summed E-state index contributed by atoms with van der Waals surface area (Å²) in [6, 6.07) is 0. The molecule has 0 aliphatic heterocycles. The van der Waals surface area contributed by atoms with Crippen molar-refractivity contribution in [3.63, 3.8) is 0 Å². The van der Waals surface area contributed by atoms with Gasteiger partial charge < -0.3 is 0 Å². The Kier molecular flexibility index (Phi) is 2.92. The van der Waals surface area contributed by atoms with E-state index in [1.165, 1.54) is 12.8 Å². The summed E-state index contributed by atoms with van der Waals surface area (Å²) in [4.78, 5) is 0. The molecule has 0 nitrogen and oxygen atoms in total. The molecule has 0 heteroatoms. The van der Waals surface area contributed by atoms with E-state index in [9.17, 15) is 0 Å². The van der Waals surface area contributed by atoms with Crippen molar-refractivity contribution in [2.24, 2.45) is 11.8 Å². The minimum absolute atomic E-state index is 0.810. The van der Waals surface area contributed by atoms with Crippen molar-refractivity contribution in [2.45, 2.75) is 33.6 Å². The lowest BCUT2D eigenvalue weighted by molar-refractivity contribution is 0.701. The molecule has 0 spiro atoms. The second-order valence-corrected chi connectivity index (χ2v) is 2.99. The van der Waals surface area contributed by atoms with Gasteiger partial charge in [0, 0.05) is 0 Å². The van der Waals surface area contributed by atoms with Crippen LogP contribution >= 0.6 is 0 Å². The van der Waals surface area contributed by atoms with Gasteiger partial charge in [-0.1, -0.05) is 44.6 Å². The van der Waals surface area contributed by atoms with Crippen LogP contribution in [0.3, 0.4) is 0 Å². The van der Waals surface area contributed by atoms with Gasteiger partial charge in [-0.3, -0.25) is 0 Å². The molecule has 11 heavy (non-hydrogen) atoms. The Bertz CT molecular complexity index is 174. The SMILES string of the molecule is CC.CCC1=C[C@H]2C=C[C@@H]1C2. The summed E-state index contributed by atoms with van der Waals surface area (Å²) >= 11 is 0. The van der Waals surface area contributed by atoms with Crippen LogP contribution in [0, 0.1) is 11.8 Å². The molecule has 0 N–H and O–H groups in total. The number of allylic oxidation sites excluding steroid dienone is 4. The van der Waals surface area contributed by atoms with Crippen LogP contribution in [0.15, 0.2) is 23.8 Å². The van der Waals surface area contributed by atoms with E-state index in [-0.39, 0.29) is 0 Å². The third-order valence-corrected chi connectivity index (χ3v) is 2.43. The summed E-state index contributed by atoms with van der Waals surface area (Å²) in [5.41, 5.74) is 1.67. The van der Waals surface area contributed by atoms with E-state index in [2.05, 4.69) is 25.2 Å². The van der Waals surface area contributed by atoms with Crippen molar-refractivity contribution in [1.82, 2.24) is 0 Å². The summed E-state index contributed by atoms with van der Waals surface area (Å²) in [6.07, 6.45) is 9.77. The lowest BCUT2D eigenvalue weighted by Gasteiger charge is -2.04. The minimum atomic E-state index is 0.810. The summed E-state index contributed by atoms with van der Waals surface area (Å²) in [7, 11) is 0. The maximum absolute atomic E-state index is 2.44. The van der Waals surface area contributed by atoms with Gasteiger partial charge in [0.25, 0.3) is 0 Å². The van der Waals surface area contributed by atoms with E-state index >= 15 is 0 Å². The first-order valence-corrected chi connectivity index (χ1v) is 4.79. The molecule has 0 unspecified atom stereocenters. The fraction of sp³-hybridized carbons (Fsp3) is 0.636. The number of rotatable bonds is 1. The Morgan fingerprint density at radius 1 is 1.36 bits per heavy atom. The fourth-order valence-corrected chi connectivity index (χ4v) is 1.90. The Labute approximate surface area is 70.0 Å². The first-order valence-electron chi connectivity index (χ1n) is 4.79. The zero-order valence-electron chi connectivity index (χ0n) is 7.80. The lowest BCUT2D eigenvalue weighted by Crippen LogP contribution is -1.90. The van der Waals surface area contributed by atoms with E-state index in [0.29, 0.717) is 0 Å². The van der Waals surface area contributed by atoms with E-state index in [4.69, 9.17) is 0 Å². The molecular formula is C11H18. The van der Waals surface area contributed by atoms with Crippen LogP contribution in [0.5, 0.6) is 0 Å². The maximum Gasteiger partial charge on any atom is -0.00144 e. The first-order chi connectivity index (χ1) is 5.40. The molecule has 0 aromatic carbocycles. The van der Waals surface area contributed by atoms with Gasteiger partial charge in [-0.05, 0) is 24.7 Å². The number of hydrogen-bond acceptors (Lipinski definition) is 0. The van der Waals surface area contributed by atoms with Crippen LogP contribution in [0.1, 0.15) is 33.6 Å². The van der Waals surface area contributed by atoms with E-state index in [1.807, 2.05) is 13.8 Å². The highest BCUT2D eigenvalue weighted by atomic mass is 14.3. The van der Waals surface area contributed by atoms with Crippen molar-refractivity contribution in [3.05, 3.63) is 23.8 Å². The van der Waals surface area contributed by atoms with Gasteiger partial charge in [0.15, 0.2) is 0 Å². The van der Waals surface area contributed by atoms with Gasteiger partial charge in [-0.15, -0.1) is 0 Å². The van der Waals surface area contributed by atoms with Crippen LogP contribution in [-0.4, -0.2) is 0 Å². The molecule has 0 aromatic rings. The Morgan fingerprint density at radius 2 is 2.09 bits per heavy atom. The average Bonchev–Trinajstić information content (AvgIpc) is 2.67. The number of fused-ring (bicyclic) bond motifs is 2. The van der Waals surface area contributed by atoms with Gasteiger partial charge in [-0.25, -0.2) is 0 Å². The zero-order chi connectivity index (χ0) is 8.27. The Hall–Kier alpha value is -0.520. The second-order valence-electron chi connectivity index (χ2n) is 2.99. The van der Waals surface area contributed by atoms with Gasteiger partial charge in [0.05, 0.1) is 0 Å². The van der Waals surface area contributed by atoms with Crippen molar-refractivity contribution in [3.8, 4) is 0 Å². The molecule has 0 aromatic heterocycles. The van der Waals surface area contributed by atoms with E-state index in [1.54, 1.807) is 5.57 Å². The zero-order valence-corrected chi connectivity index (χ0v) is 7.80. The largest absolute Gasteiger partial charge is 0.0810 e. The van der Waals surface area contributed by atoms with Crippen molar-refractivity contribution >= 4 is 0 Å². The molecule has 0 saturated heterocycles. The molecule has 62 valence electrons. The second kappa shape index (κ2) is 3.75. The summed E-state index contributed by atoms with van der Waals surface area (Å²) < 4.78 is 0. The van der Waals surface area contributed by atoms with Crippen LogP contribution < -0.4 is 0 Å². The molecule has 2 atom stereocenters. The molecule has 0 amide bonds. The molecule has 0 saturated carbocycles. The minimum Gasteiger partial charge on any atom is -0.0810 e. The third-order valence-electron chi connectivity index (χ3n) is 2.43. The highest BCUT2D eigenvalue weighted by Gasteiger charge is 2.26. The topological polar surface area (TPSA) is 0 Å². The van der Waals surface area contributed by atoms with Crippen LogP contribution in [0.2, 0.25) is 0 Å². The molecular weight excluding hydrogens is 132 g/mol. The quantitative estimate of drug-likeness (QED) is 0.501. The molecule has 0 fully saturated rings. The van der Waals surface area contributed by atoms with Gasteiger partial charge >= 0.3 is 0 Å². The van der Waals surface area contributed by atoms with Gasteiger partial charge in [0.1, 0.15) is 0 Å². The average molecular weight is 150 g/mol. The monoisotopic (exact) mass is 150 g/mol. The first kappa shape index (κ1) is 8.58. The standard InChI is InChI=1S/C9H12.C2H6/c1-2-8-5-7-3-4-9(8)6-7;1-2/h3-5,7,9H,2,6H2,1H3;1-2H3/t7-,9-;/m1./s1. The molecule has 2 bridgehead atoms. The summed E-state index contributed by atoms with van der Waals surface area (Å²) in [6.45, 7) is 6.25. The number of hydrogen-bond donors (Lipinski definition) is 0. The van der Waals surface area contributed by atoms with E-state index < -0.39 is 0 Å². The van der Waals surface area contributed by atoms with Gasteiger partial charge in [-0.2, -0.15) is 0 Å². The highest BCUT2D eigenvalue weighted by molar-refractivity contribution is 5.29. The van der Waals surface area contributed by atoms with Crippen molar-refractivity contribution in [1.29, 1.82) is 0 Å². The highest BCUT2D eigenvalue weighted by Crippen LogP contribution is 2.39. The van der Waals surface area contributed by atoms with Crippen molar-refractivity contribution < 1.29 is 0 Å². The molecule has 2 aliphatic carbocycles. The molecule has 0 heterocycles. The Balaban J connectivity index is 0.000000281. The predicted molar refractivity (Wildman–Crippen MR) is 50.5 cm³/mol. The maximum atomic E-state index is 2.44. The molecule has 2 aliphatic rings. The van der Waals surface area contributed by atoms with Crippen LogP contribution in [0.4, 0.5) is 0 Å². The van der Waals surface area contributed by atoms with E-state index in [0.717, 1.165) is 11.8 Å². The third kappa shape index (κ3) is 1.55. The lowest BCUT2D eigenvalue weighted by atomic mass is 10.0. The summed E-state index contributed by atoms with van der Waals surface area (Å²) in [5.74, 6) is 1.64. The molecule has 0 radical (unpaired) electrons. The van der Waals surface area contributed by atoms with Gasteiger partial charge in [0.2, 0.25) is 0 Å². The summed E-state index contributed by atoms with van der Waals surface area (Å²) in [5, 5.41) is 0. The Morgan fingerprint density at radius 3 is 2.36 bits per heavy atom. The van der Waals surface area contributed by atoms with Crippen LogP contribution in [0.25, 0.3) is 0 Å². The van der Waals surface area contributed by atoms with Crippen LogP contribution in [-0.2, 0) is 0 Å². The smallest absolute Gasteiger partial charge is 0.00144 e. The normalized spacial score (nSPS) is 31.4. The van der Waals surface area contributed by atoms with Crippen molar-refractivity contribution in [2.75, 3.05) is 0 Å². The molecule has 2 rings (SSSR count).